The van der Waals surface area contributed by atoms with Crippen LogP contribution in [0.4, 0.5) is 4.39 Å². The summed E-state index contributed by atoms with van der Waals surface area (Å²) >= 11 is 0. The zero-order chi connectivity index (χ0) is 24.2. The van der Waals surface area contributed by atoms with Gasteiger partial charge in [-0.1, -0.05) is 32.0 Å². The Balaban J connectivity index is 1.75. The fourth-order valence-electron chi connectivity index (χ4n) is 4.48. The number of nitrogens with zero attached hydrogens (tertiary/aromatic N) is 2. The molecule has 1 unspecified atom stereocenters. The minimum absolute atomic E-state index is 0.130. The standard InChI is InChI=1S/C26H29FN2O5/c1-3-28(4-2)12-7-13-29-23(18-8-5-6-9-19(18)27)22(25(31)26(29)32)24(30)17-10-11-20-21(16-17)34-15-14-33-20/h5-6,8-11,16,23,30H,3-4,7,12-15H2,1-2H3/b24-22-. The van der Waals surface area contributed by atoms with E-state index in [1.807, 2.05) is 0 Å². The fourth-order valence-corrected chi connectivity index (χ4v) is 4.48. The van der Waals surface area contributed by atoms with Crippen LogP contribution in [-0.2, 0) is 9.59 Å². The molecule has 1 amide bonds. The van der Waals surface area contributed by atoms with E-state index in [1.54, 1.807) is 36.4 Å². The van der Waals surface area contributed by atoms with Gasteiger partial charge in [-0.25, -0.2) is 4.39 Å². The highest BCUT2D eigenvalue weighted by atomic mass is 19.1. The zero-order valence-electron chi connectivity index (χ0n) is 19.4. The lowest BCUT2D eigenvalue weighted by atomic mass is 9.94. The van der Waals surface area contributed by atoms with Gasteiger partial charge in [0.15, 0.2) is 11.5 Å². The third-order valence-electron chi connectivity index (χ3n) is 6.32. The van der Waals surface area contributed by atoms with Crippen molar-refractivity contribution >= 4 is 17.4 Å². The molecular formula is C26H29FN2O5. The molecule has 4 rings (SSSR count). The Morgan fingerprint density at radius 1 is 1.09 bits per heavy atom. The molecule has 1 N–H and O–H groups in total. The van der Waals surface area contributed by atoms with Gasteiger partial charge in [-0.2, -0.15) is 0 Å². The van der Waals surface area contributed by atoms with E-state index < -0.39 is 23.5 Å². The fraction of sp³-hybridized carbons (Fsp3) is 0.385. The van der Waals surface area contributed by atoms with E-state index in [9.17, 15) is 19.1 Å². The van der Waals surface area contributed by atoms with Crippen molar-refractivity contribution in [1.82, 2.24) is 9.80 Å². The minimum Gasteiger partial charge on any atom is -0.507 e. The van der Waals surface area contributed by atoms with E-state index in [2.05, 4.69) is 18.7 Å². The molecule has 1 saturated heterocycles. The van der Waals surface area contributed by atoms with E-state index in [0.29, 0.717) is 36.7 Å². The molecule has 0 radical (unpaired) electrons. The molecule has 0 bridgehead atoms. The van der Waals surface area contributed by atoms with Crippen molar-refractivity contribution in [1.29, 1.82) is 0 Å². The minimum atomic E-state index is -1.02. The molecule has 7 nitrogen and oxygen atoms in total. The van der Waals surface area contributed by atoms with Crippen molar-refractivity contribution in [2.45, 2.75) is 26.3 Å². The lowest BCUT2D eigenvalue weighted by Crippen LogP contribution is -2.33. The van der Waals surface area contributed by atoms with Gasteiger partial charge in [0.05, 0.1) is 11.6 Å². The van der Waals surface area contributed by atoms with Gasteiger partial charge in [0.2, 0.25) is 0 Å². The van der Waals surface area contributed by atoms with Crippen LogP contribution in [0.25, 0.3) is 5.76 Å². The second-order valence-corrected chi connectivity index (χ2v) is 8.25. The second-order valence-electron chi connectivity index (χ2n) is 8.25. The maximum absolute atomic E-state index is 14.9. The van der Waals surface area contributed by atoms with Crippen LogP contribution >= 0.6 is 0 Å². The summed E-state index contributed by atoms with van der Waals surface area (Å²) in [7, 11) is 0. The summed E-state index contributed by atoms with van der Waals surface area (Å²) in [5.74, 6) is -1.52. The van der Waals surface area contributed by atoms with Crippen LogP contribution < -0.4 is 9.47 Å². The predicted molar refractivity (Wildman–Crippen MR) is 125 cm³/mol. The maximum atomic E-state index is 14.9. The molecule has 1 fully saturated rings. The molecule has 2 aliphatic heterocycles. The Morgan fingerprint density at radius 2 is 1.79 bits per heavy atom. The van der Waals surface area contributed by atoms with Crippen molar-refractivity contribution < 1.29 is 28.6 Å². The highest BCUT2D eigenvalue weighted by molar-refractivity contribution is 6.46. The summed E-state index contributed by atoms with van der Waals surface area (Å²) in [6.45, 7) is 7.64. The molecule has 8 heteroatoms. The number of rotatable bonds is 8. The van der Waals surface area contributed by atoms with Crippen LogP contribution in [0.5, 0.6) is 11.5 Å². The summed E-state index contributed by atoms with van der Waals surface area (Å²) in [5, 5.41) is 11.2. The molecule has 34 heavy (non-hydrogen) atoms. The Hall–Kier alpha value is -3.39. The third kappa shape index (κ3) is 4.50. The number of carbonyl (C=O) groups excluding carboxylic acids is 2. The summed E-state index contributed by atoms with van der Waals surface area (Å²) in [6, 6.07) is 9.80. The van der Waals surface area contributed by atoms with Gasteiger partial charge in [-0.3, -0.25) is 9.59 Å². The molecule has 0 aliphatic carbocycles. The number of halogens is 1. The predicted octanol–water partition coefficient (Wildman–Crippen LogP) is 3.75. The lowest BCUT2D eigenvalue weighted by molar-refractivity contribution is -0.140. The van der Waals surface area contributed by atoms with Gasteiger partial charge in [0.25, 0.3) is 11.7 Å². The molecule has 0 spiro atoms. The molecule has 2 heterocycles. The number of benzene rings is 2. The van der Waals surface area contributed by atoms with Gasteiger partial charge < -0.3 is 24.4 Å². The van der Waals surface area contributed by atoms with E-state index in [0.717, 1.165) is 19.6 Å². The number of aliphatic hydroxyl groups is 1. The average molecular weight is 469 g/mol. The summed E-state index contributed by atoms with van der Waals surface area (Å²) in [6.07, 6.45) is 0.615. The average Bonchev–Trinajstić information content (AvgIpc) is 3.11. The molecule has 180 valence electrons. The van der Waals surface area contributed by atoms with E-state index in [-0.39, 0.29) is 23.4 Å². The third-order valence-corrected chi connectivity index (χ3v) is 6.32. The van der Waals surface area contributed by atoms with Crippen LogP contribution in [-0.4, -0.2) is 66.0 Å². The Morgan fingerprint density at radius 3 is 2.50 bits per heavy atom. The van der Waals surface area contributed by atoms with Crippen molar-refractivity contribution in [2.75, 3.05) is 39.4 Å². The van der Waals surface area contributed by atoms with Crippen LogP contribution in [0.3, 0.4) is 0 Å². The quantitative estimate of drug-likeness (QED) is 0.361. The molecule has 2 aromatic carbocycles. The lowest BCUT2D eigenvalue weighted by Gasteiger charge is -2.27. The van der Waals surface area contributed by atoms with Crippen LogP contribution in [0.2, 0.25) is 0 Å². The number of likely N-dealkylation sites (tertiary alicyclic amines) is 1. The molecular weight excluding hydrogens is 439 g/mol. The first kappa shape index (κ1) is 23.8. The van der Waals surface area contributed by atoms with Gasteiger partial charge in [0.1, 0.15) is 24.8 Å². The Bertz CT molecular complexity index is 1110. The molecule has 2 aliphatic rings. The van der Waals surface area contributed by atoms with Crippen molar-refractivity contribution in [2.24, 2.45) is 0 Å². The topological polar surface area (TPSA) is 79.3 Å². The first-order valence-corrected chi connectivity index (χ1v) is 11.6. The van der Waals surface area contributed by atoms with E-state index in [4.69, 9.17) is 9.47 Å². The Labute approximate surface area is 198 Å². The van der Waals surface area contributed by atoms with Crippen LogP contribution in [0.1, 0.15) is 37.4 Å². The number of ketones is 1. The van der Waals surface area contributed by atoms with E-state index >= 15 is 0 Å². The van der Waals surface area contributed by atoms with Crippen LogP contribution in [0, 0.1) is 5.82 Å². The van der Waals surface area contributed by atoms with Crippen molar-refractivity contribution in [3.63, 3.8) is 0 Å². The number of amides is 1. The van der Waals surface area contributed by atoms with Crippen LogP contribution in [0.15, 0.2) is 48.0 Å². The monoisotopic (exact) mass is 468 g/mol. The number of carbonyl (C=O) groups is 2. The number of hydrogen-bond acceptors (Lipinski definition) is 6. The van der Waals surface area contributed by atoms with Gasteiger partial charge in [-0.15, -0.1) is 0 Å². The highest BCUT2D eigenvalue weighted by Gasteiger charge is 2.46. The highest BCUT2D eigenvalue weighted by Crippen LogP contribution is 2.41. The molecule has 1 atom stereocenters. The summed E-state index contributed by atoms with van der Waals surface area (Å²) < 4.78 is 26.0. The number of Topliss-reactive ketones (excluding diaryl/α,β-unsaturated/α-hetero) is 1. The first-order chi connectivity index (χ1) is 16.5. The number of ether oxygens (including phenoxy) is 2. The summed E-state index contributed by atoms with van der Waals surface area (Å²) in [5.41, 5.74) is 0.338. The SMILES string of the molecule is CCN(CC)CCCN1C(=O)C(=O)/C(=C(\O)c2ccc3c(c2)OCCO3)C1c1ccccc1F. The molecule has 0 aromatic heterocycles. The van der Waals surface area contributed by atoms with Crippen molar-refractivity contribution in [3.05, 3.63) is 65.0 Å². The zero-order valence-corrected chi connectivity index (χ0v) is 19.4. The van der Waals surface area contributed by atoms with E-state index in [1.165, 1.54) is 11.0 Å². The largest absolute Gasteiger partial charge is 0.507 e. The van der Waals surface area contributed by atoms with Gasteiger partial charge >= 0.3 is 0 Å². The molecule has 2 aromatic rings. The summed E-state index contributed by atoms with van der Waals surface area (Å²) in [4.78, 5) is 29.8. The smallest absolute Gasteiger partial charge is 0.295 e. The number of aliphatic hydroxyl groups excluding tert-OH is 1. The maximum Gasteiger partial charge on any atom is 0.295 e. The van der Waals surface area contributed by atoms with Crippen molar-refractivity contribution in [3.8, 4) is 11.5 Å². The second kappa shape index (κ2) is 10.3. The number of hydrogen-bond donors (Lipinski definition) is 1. The van der Waals surface area contributed by atoms with Gasteiger partial charge in [0, 0.05) is 17.7 Å². The first-order valence-electron chi connectivity index (χ1n) is 11.6. The Kier molecular flexibility index (Phi) is 7.17. The number of fused-ring (bicyclic) bond motifs is 1. The normalized spacial score (nSPS) is 19.2. The molecule has 0 saturated carbocycles. The van der Waals surface area contributed by atoms with Gasteiger partial charge in [-0.05, 0) is 50.3 Å².